The average molecular weight is 449 g/mol. The van der Waals surface area contributed by atoms with Gasteiger partial charge in [0.15, 0.2) is 17.5 Å². The van der Waals surface area contributed by atoms with Crippen LogP contribution in [0.4, 0.5) is 5.69 Å². The van der Waals surface area contributed by atoms with Crippen LogP contribution in [0.15, 0.2) is 23.2 Å². The summed E-state index contributed by atoms with van der Waals surface area (Å²) < 4.78 is 22.0. The molecule has 0 radical (unpaired) electrons. The number of hydrogen-bond donors (Lipinski definition) is 2. The van der Waals surface area contributed by atoms with E-state index in [4.69, 9.17) is 23.9 Å². The number of ether oxygens (including phenoxy) is 4. The van der Waals surface area contributed by atoms with Gasteiger partial charge in [-0.1, -0.05) is 0 Å². The summed E-state index contributed by atoms with van der Waals surface area (Å²) in [7, 11) is 1.67. The van der Waals surface area contributed by atoms with Gasteiger partial charge in [0.05, 0.1) is 26.4 Å². The SMILES string of the molecule is COCCOCCCNC(=NCCCN1CCCC1=O)Nc1ccc2c(c1)OCCCO2. The Hall–Kier alpha value is -2.52. The van der Waals surface area contributed by atoms with Gasteiger partial charge in [0.2, 0.25) is 5.91 Å². The molecule has 0 aromatic heterocycles. The molecule has 2 N–H and O–H groups in total. The van der Waals surface area contributed by atoms with Crippen molar-refractivity contribution in [3.63, 3.8) is 0 Å². The summed E-state index contributed by atoms with van der Waals surface area (Å²) in [6.07, 6.45) is 4.20. The van der Waals surface area contributed by atoms with Gasteiger partial charge in [-0.2, -0.15) is 0 Å². The Morgan fingerprint density at radius 2 is 2.00 bits per heavy atom. The zero-order valence-electron chi connectivity index (χ0n) is 19.1. The van der Waals surface area contributed by atoms with E-state index in [2.05, 4.69) is 10.6 Å². The van der Waals surface area contributed by atoms with E-state index in [1.54, 1.807) is 7.11 Å². The first-order valence-corrected chi connectivity index (χ1v) is 11.6. The molecule has 9 nitrogen and oxygen atoms in total. The summed E-state index contributed by atoms with van der Waals surface area (Å²) in [6.45, 7) is 6.16. The first kappa shape index (κ1) is 24.1. The predicted molar refractivity (Wildman–Crippen MR) is 124 cm³/mol. The molecule has 9 heteroatoms. The van der Waals surface area contributed by atoms with Crippen molar-refractivity contribution < 1.29 is 23.7 Å². The molecule has 178 valence electrons. The van der Waals surface area contributed by atoms with Gasteiger partial charge >= 0.3 is 0 Å². The lowest BCUT2D eigenvalue weighted by Crippen LogP contribution is -2.33. The number of rotatable bonds is 12. The van der Waals surface area contributed by atoms with Gasteiger partial charge in [0, 0.05) is 64.5 Å². The minimum atomic E-state index is 0.256. The van der Waals surface area contributed by atoms with Crippen molar-refractivity contribution >= 4 is 17.6 Å². The molecular formula is C23H36N4O5. The molecule has 0 bridgehead atoms. The van der Waals surface area contributed by atoms with Crippen molar-refractivity contribution in [2.45, 2.75) is 32.1 Å². The van der Waals surface area contributed by atoms with Crippen molar-refractivity contribution in [3.05, 3.63) is 18.2 Å². The molecule has 0 saturated carbocycles. The van der Waals surface area contributed by atoms with Gasteiger partial charge in [-0.05, 0) is 31.4 Å². The van der Waals surface area contributed by atoms with Crippen molar-refractivity contribution in [3.8, 4) is 11.5 Å². The smallest absolute Gasteiger partial charge is 0.222 e. The highest BCUT2D eigenvalue weighted by Crippen LogP contribution is 2.32. The molecule has 0 atom stereocenters. The maximum absolute atomic E-state index is 11.8. The number of guanidine groups is 1. The van der Waals surface area contributed by atoms with Gasteiger partial charge in [0.25, 0.3) is 0 Å². The maximum Gasteiger partial charge on any atom is 0.222 e. The summed E-state index contributed by atoms with van der Waals surface area (Å²) in [6, 6.07) is 5.82. The van der Waals surface area contributed by atoms with E-state index in [0.29, 0.717) is 52.0 Å². The molecule has 0 unspecified atom stereocenters. The van der Waals surface area contributed by atoms with Crippen molar-refractivity contribution in [1.29, 1.82) is 0 Å². The average Bonchev–Trinajstić information content (AvgIpc) is 3.06. The Balaban J connectivity index is 1.51. The fraction of sp³-hybridized carbons (Fsp3) is 0.652. The number of carbonyl (C=O) groups excluding carboxylic acids is 1. The van der Waals surface area contributed by atoms with Crippen LogP contribution in [0, 0.1) is 0 Å². The van der Waals surface area contributed by atoms with Crippen LogP contribution < -0.4 is 20.1 Å². The van der Waals surface area contributed by atoms with Crippen LogP contribution in [0.25, 0.3) is 0 Å². The molecule has 2 aliphatic rings. The van der Waals surface area contributed by atoms with Crippen LogP contribution in [0.2, 0.25) is 0 Å². The second-order valence-corrected chi connectivity index (χ2v) is 7.79. The molecule has 1 fully saturated rings. The largest absolute Gasteiger partial charge is 0.490 e. The highest BCUT2D eigenvalue weighted by atomic mass is 16.5. The number of carbonyl (C=O) groups is 1. The van der Waals surface area contributed by atoms with Crippen LogP contribution in [0.1, 0.15) is 32.1 Å². The minimum absolute atomic E-state index is 0.256. The highest BCUT2D eigenvalue weighted by Gasteiger charge is 2.19. The Bertz CT molecular complexity index is 743. The molecule has 3 rings (SSSR count). The lowest BCUT2D eigenvalue weighted by Gasteiger charge is -2.16. The number of hydrogen-bond acceptors (Lipinski definition) is 6. The number of nitrogens with zero attached hydrogens (tertiary/aromatic N) is 2. The van der Waals surface area contributed by atoms with E-state index in [0.717, 1.165) is 62.5 Å². The molecule has 2 heterocycles. The summed E-state index contributed by atoms with van der Waals surface area (Å²) >= 11 is 0. The van der Waals surface area contributed by atoms with E-state index in [1.807, 2.05) is 23.1 Å². The molecule has 1 aromatic rings. The summed E-state index contributed by atoms with van der Waals surface area (Å²) in [5.74, 6) is 2.46. The number of anilines is 1. The fourth-order valence-corrected chi connectivity index (χ4v) is 3.54. The lowest BCUT2D eigenvalue weighted by atomic mass is 10.2. The number of aliphatic imine (C=N–C) groups is 1. The fourth-order valence-electron chi connectivity index (χ4n) is 3.54. The Kier molecular flexibility index (Phi) is 10.4. The van der Waals surface area contributed by atoms with Gasteiger partial charge in [0.1, 0.15) is 0 Å². The van der Waals surface area contributed by atoms with E-state index < -0.39 is 0 Å². The number of likely N-dealkylation sites (tertiary alicyclic amines) is 1. The molecule has 1 saturated heterocycles. The van der Waals surface area contributed by atoms with Gasteiger partial charge < -0.3 is 34.5 Å². The van der Waals surface area contributed by atoms with Crippen molar-refractivity contribution in [1.82, 2.24) is 10.2 Å². The number of benzene rings is 1. The standard InChI is InChI=1S/C23H36N4O5/c1-29-16-17-30-13-4-10-25-23(24-9-3-12-27-11-2-6-22(27)28)26-19-7-8-20-21(18-19)32-15-5-14-31-20/h7-8,18H,2-6,9-17H2,1H3,(H2,24,25,26). The Morgan fingerprint density at radius 3 is 2.81 bits per heavy atom. The Labute approximate surface area is 190 Å². The van der Waals surface area contributed by atoms with Gasteiger partial charge in [-0.15, -0.1) is 0 Å². The minimum Gasteiger partial charge on any atom is -0.490 e. The predicted octanol–water partition coefficient (Wildman–Crippen LogP) is 2.27. The summed E-state index contributed by atoms with van der Waals surface area (Å²) in [4.78, 5) is 18.4. The molecule has 0 spiro atoms. The number of amides is 1. The van der Waals surface area contributed by atoms with Crippen LogP contribution in [-0.4, -0.2) is 83.1 Å². The van der Waals surface area contributed by atoms with Crippen LogP contribution >= 0.6 is 0 Å². The van der Waals surface area contributed by atoms with Crippen molar-refractivity contribution in [2.75, 3.05) is 71.6 Å². The van der Waals surface area contributed by atoms with Crippen LogP contribution in [-0.2, 0) is 14.3 Å². The zero-order valence-corrected chi connectivity index (χ0v) is 19.1. The van der Waals surface area contributed by atoms with Gasteiger partial charge in [-0.3, -0.25) is 9.79 Å². The van der Waals surface area contributed by atoms with Crippen LogP contribution in [0.5, 0.6) is 11.5 Å². The summed E-state index contributed by atoms with van der Waals surface area (Å²) in [5.41, 5.74) is 0.881. The molecule has 32 heavy (non-hydrogen) atoms. The molecule has 2 aliphatic heterocycles. The van der Waals surface area contributed by atoms with E-state index >= 15 is 0 Å². The quantitative estimate of drug-likeness (QED) is 0.288. The van der Waals surface area contributed by atoms with Crippen LogP contribution in [0.3, 0.4) is 0 Å². The lowest BCUT2D eigenvalue weighted by molar-refractivity contribution is -0.127. The first-order chi connectivity index (χ1) is 15.8. The maximum atomic E-state index is 11.8. The molecule has 1 amide bonds. The van der Waals surface area contributed by atoms with E-state index in [1.165, 1.54) is 0 Å². The summed E-state index contributed by atoms with van der Waals surface area (Å²) in [5, 5.41) is 6.72. The number of fused-ring (bicyclic) bond motifs is 1. The molecule has 1 aromatic carbocycles. The Morgan fingerprint density at radius 1 is 1.12 bits per heavy atom. The molecular weight excluding hydrogens is 412 g/mol. The number of methoxy groups -OCH3 is 1. The second kappa shape index (κ2) is 13.8. The first-order valence-electron chi connectivity index (χ1n) is 11.6. The van der Waals surface area contributed by atoms with Crippen molar-refractivity contribution in [2.24, 2.45) is 4.99 Å². The third-order valence-electron chi connectivity index (χ3n) is 5.23. The zero-order chi connectivity index (χ0) is 22.4. The second-order valence-electron chi connectivity index (χ2n) is 7.79. The third kappa shape index (κ3) is 8.20. The number of nitrogens with one attached hydrogen (secondary N) is 2. The normalized spacial score (nSPS) is 16.2. The van der Waals surface area contributed by atoms with E-state index in [-0.39, 0.29) is 5.91 Å². The monoisotopic (exact) mass is 448 g/mol. The highest BCUT2D eigenvalue weighted by molar-refractivity contribution is 5.94. The van der Waals surface area contributed by atoms with E-state index in [9.17, 15) is 4.79 Å². The molecule has 0 aliphatic carbocycles. The third-order valence-corrected chi connectivity index (χ3v) is 5.23. The topological polar surface area (TPSA) is 93.7 Å². The van der Waals surface area contributed by atoms with Gasteiger partial charge in [-0.25, -0.2) is 0 Å².